The molecule has 2 aliphatic heterocycles. The van der Waals surface area contributed by atoms with Crippen molar-refractivity contribution in [3.63, 3.8) is 0 Å². The molecule has 3 rings (SSSR count). The lowest BCUT2D eigenvalue weighted by atomic mass is 9.95. The first kappa shape index (κ1) is 16.3. The van der Waals surface area contributed by atoms with Crippen LogP contribution in [-0.4, -0.2) is 52.1 Å². The number of piperidine rings is 1. The molecule has 0 unspecified atom stereocenters. The molecule has 0 aliphatic carbocycles. The first-order chi connectivity index (χ1) is 11.1. The van der Waals surface area contributed by atoms with E-state index in [0.717, 1.165) is 23.4 Å². The lowest BCUT2D eigenvalue weighted by molar-refractivity contribution is -0.143. The van der Waals surface area contributed by atoms with Crippen LogP contribution in [-0.2, 0) is 20.9 Å². The Morgan fingerprint density at radius 3 is 2.74 bits per heavy atom. The number of aromatic nitrogens is 2. The molecule has 2 fully saturated rings. The topological polar surface area (TPSA) is 84.4 Å². The number of rotatable bonds is 4. The van der Waals surface area contributed by atoms with E-state index >= 15 is 0 Å². The third-order valence-electron chi connectivity index (χ3n) is 4.55. The lowest BCUT2D eigenvalue weighted by Crippen LogP contribution is -2.46. The second kappa shape index (κ2) is 7.35. The van der Waals surface area contributed by atoms with Gasteiger partial charge in [0.1, 0.15) is 6.10 Å². The van der Waals surface area contributed by atoms with Crippen molar-refractivity contribution in [2.75, 3.05) is 19.7 Å². The van der Waals surface area contributed by atoms with Gasteiger partial charge in [-0.15, -0.1) is 5.10 Å². The summed E-state index contributed by atoms with van der Waals surface area (Å²) in [6, 6.07) is 0. The van der Waals surface area contributed by atoms with Gasteiger partial charge in [-0.25, -0.2) is 0 Å². The predicted molar refractivity (Wildman–Crippen MR) is 84.8 cm³/mol. The van der Waals surface area contributed by atoms with Crippen LogP contribution in [0.4, 0.5) is 0 Å². The van der Waals surface area contributed by atoms with Crippen molar-refractivity contribution < 1.29 is 14.3 Å². The largest absolute Gasteiger partial charge is 0.368 e. The second-order valence-electron chi connectivity index (χ2n) is 6.10. The Bertz CT molecular complexity index is 563. The summed E-state index contributed by atoms with van der Waals surface area (Å²) in [5.74, 6) is 0.125. The zero-order valence-electron chi connectivity index (χ0n) is 13.3. The molecule has 2 aliphatic rings. The van der Waals surface area contributed by atoms with Crippen molar-refractivity contribution in [3.05, 3.63) is 10.6 Å². The molecule has 3 heterocycles. The van der Waals surface area contributed by atoms with Crippen LogP contribution in [0.3, 0.4) is 0 Å². The van der Waals surface area contributed by atoms with E-state index in [9.17, 15) is 9.59 Å². The fourth-order valence-corrected chi connectivity index (χ4v) is 3.63. The van der Waals surface area contributed by atoms with Gasteiger partial charge >= 0.3 is 0 Å². The van der Waals surface area contributed by atoms with Gasteiger partial charge in [0.15, 0.2) is 0 Å². The minimum atomic E-state index is -0.262. The molecule has 1 atom stereocenters. The van der Waals surface area contributed by atoms with E-state index in [2.05, 4.69) is 14.9 Å². The monoisotopic (exact) mass is 338 g/mol. The standard InChI is InChI=1S/C15H22N4O3S/c1-10-13(23-18-17-10)9-16-14(20)11-4-6-19(7-5-11)15(21)12-3-2-8-22-12/h11-12H,2-9H2,1H3,(H,16,20)/t12-/m1/s1. The van der Waals surface area contributed by atoms with Gasteiger partial charge in [0, 0.05) is 25.6 Å². The van der Waals surface area contributed by atoms with Crippen LogP contribution >= 0.6 is 11.5 Å². The van der Waals surface area contributed by atoms with Crippen molar-refractivity contribution in [3.8, 4) is 0 Å². The molecule has 2 amide bonds. The molecular formula is C15H22N4O3S. The number of hydrogen-bond acceptors (Lipinski definition) is 6. The molecule has 23 heavy (non-hydrogen) atoms. The predicted octanol–water partition coefficient (Wildman–Crippen LogP) is 0.880. The maximum atomic E-state index is 12.3. The van der Waals surface area contributed by atoms with E-state index in [1.54, 1.807) is 0 Å². The van der Waals surface area contributed by atoms with Gasteiger partial charge in [-0.3, -0.25) is 9.59 Å². The summed E-state index contributed by atoms with van der Waals surface area (Å²) in [5, 5.41) is 6.89. The summed E-state index contributed by atoms with van der Waals surface area (Å²) in [7, 11) is 0. The van der Waals surface area contributed by atoms with Gasteiger partial charge in [0.05, 0.1) is 17.1 Å². The Morgan fingerprint density at radius 1 is 1.35 bits per heavy atom. The number of amides is 2. The van der Waals surface area contributed by atoms with E-state index in [0.29, 0.717) is 39.1 Å². The maximum absolute atomic E-state index is 12.3. The number of carbonyl (C=O) groups excluding carboxylic acids is 2. The van der Waals surface area contributed by atoms with E-state index in [4.69, 9.17) is 4.74 Å². The van der Waals surface area contributed by atoms with Crippen LogP contribution in [0.5, 0.6) is 0 Å². The van der Waals surface area contributed by atoms with Crippen molar-refractivity contribution in [1.29, 1.82) is 0 Å². The Morgan fingerprint density at radius 2 is 2.13 bits per heavy atom. The van der Waals surface area contributed by atoms with E-state index in [-0.39, 0.29) is 23.8 Å². The van der Waals surface area contributed by atoms with E-state index in [1.807, 2.05) is 11.8 Å². The van der Waals surface area contributed by atoms with Crippen molar-refractivity contribution in [1.82, 2.24) is 19.8 Å². The molecule has 0 radical (unpaired) electrons. The molecule has 126 valence electrons. The molecule has 1 aromatic heterocycles. The van der Waals surface area contributed by atoms with Crippen LogP contribution in [0.25, 0.3) is 0 Å². The van der Waals surface area contributed by atoms with Crippen LogP contribution in [0.1, 0.15) is 36.3 Å². The molecule has 0 aromatic carbocycles. The van der Waals surface area contributed by atoms with Crippen molar-refractivity contribution in [2.45, 2.75) is 45.3 Å². The SMILES string of the molecule is Cc1nnsc1CNC(=O)C1CCN(C(=O)[C@H]2CCCO2)CC1. The Labute approximate surface area is 139 Å². The van der Waals surface area contributed by atoms with Gasteiger partial charge < -0.3 is 15.0 Å². The quantitative estimate of drug-likeness (QED) is 0.881. The third-order valence-corrected chi connectivity index (χ3v) is 5.37. The molecule has 0 bridgehead atoms. The van der Waals surface area contributed by atoms with Gasteiger partial charge in [-0.1, -0.05) is 4.49 Å². The number of aryl methyl sites for hydroxylation is 1. The smallest absolute Gasteiger partial charge is 0.251 e. The molecule has 0 spiro atoms. The average Bonchev–Trinajstić information content (AvgIpc) is 3.24. The fourth-order valence-electron chi connectivity index (χ4n) is 3.06. The zero-order chi connectivity index (χ0) is 16.2. The first-order valence-electron chi connectivity index (χ1n) is 8.11. The van der Waals surface area contributed by atoms with E-state index in [1.165, 1.54) is 11.5 Å². The molecular weight excluding hydrogens is 316 g/mol. The highest BCUT2D eigenvalue weighted by molar-refractivity contribution is 7.05. The average molecular weight is 338 g/mol. The molecule has 1 N–H and O–H groups in total. The normalized spacial score (nSPS) is 22.3. The summed E-state index contributed by atoms with van der Waals surface area (Å²) in [5.41, 5.74) is 0.868. The molecule has 8 heteroatoms. The number of nitrogens with zero attached hydrogens (tertiary/aromatic N) is 3. The summed E-state index contributed by atoms with van der Waals surface area (Å²) in [4.78, 5) is 27.4. The number of likely N-dealkylation sites (tertiary alicyclic amines) is 1. The highest BCUT2D eigenvalue weighted by Gasteiger charge is 2.32. The molecule has 0 saturated carbocycles. The van der Waals surface area contributed by atoms with Gasteiger partial charge in [-0.05, 0) is 44.1 Å². The molecule has 7 nitrogen and oxygen atoms in total. The minimum Gasteiger partial charge on any atom is -0.368 e. The molecule has 1 aromatic rings. The first-order valence-corrected chi connectivity index (χ1v) is 8.88. The Kier molecular flexibility index (Phi) is 5.22. The highest BCUT2D eigenvalue weighted by Crippen LogP contribution is 2.21. The van der Waals surface area contributed by atoms with Crippen LogP contribution < -0.4 is 5.32 Å². The van der Waals surface area contributed by atoms with Crippen molar-refractivity contribution in [2.24, 2.45) is 5.92 Å². The summed E-state index contributed by atoms with van der Waals surface area (Å²) in [6.45, 7) is 4.33. The van der Waals surface area contributed by atoms with Crippen molar-refractivity contribution >= 4 is 23.3 Å². The van der Waals surface area contributed by atoms with Crippen LogP contribution in [0, 0.1) is 12.8 Å². The summed E-state index contributed by atoms with van der Waals surface area (Å²) < 4.78 is 9.32. The van der Waals surface area contributed by atoms with Gasteiger partial charge in [0.2, 0.25) is 5.91 Å². The number of ether oxygens (including phenoxy) is 1. The Balaban J connectivity index is 1.44. The Hall–Kier alpha value is -1.54. The lowest BCUT2D eigenvalue weighted by Gasteiger charge is -2.32. The number of hydrogen-bond donors (Lipinski definition) is 1. The summed E-state index contributed by atoms with van der Waals surface area (Å²) in [6.07, 6.45) is 2.94. The van der Waals surface area contributed by atoms with Crippen LogP contribution in [0.15, 0.2) is 0 Å². The third kappa shape index (κ3) is 3.87. The summed E-state index contributed by atoms with van der Waals surface area (Å²) >= 11 is 1.31. The second-order valence-corrected chi connectivity index (χ2v) is 6.94. The fraction of sp³-hybridized carbons (Fsp3) is 0.733. The van der Waals surface area contributed by atoms with Gasteiger partial charge in [0.25, 0.3) is 5.91 Å². The molecule has 2 saturated heterocycles. The minimum absolute atomic E-state index is 0.0234. The van der Waals surface area contributed by atoms with Gasteiger partial charge in [-0.2, -0.15) is 0 Å². The van der Waals surface area contributed by atoms with Crippen LogP contribution in [0.2, 0.25) is 0 Å². The number of nitrogens with one attached hydrogen (secondary N) is 1. The van der Waals surface area contributed by atoms with E-state index < -0.39 is 0 Å². The maximum Gasteiger partial charge on any atom is 0.251 e. The highest BCUT2D eigenvalue weighted by atomic mass is 32.1. The number of carbonyl (C=O) groups is 2. The zero-order valence-corrected chi connectivity index (χ0v) is 14.1.